The van der Waals surface area contributed by atoms with E-state index >= 15 is 0 Å². The molecule has 0 bridgehead atoms. The van der Waals surface area contributed by atoms with Gasteiger partial charge in [0.25, 0.3) is 5.91 Å². The number of nitrogens with one attached hydrogen (secondary N) is 1. The van der Waals surface area contributed by atoms with Crippen molar-refractivity contribution in [1.82, 2.24) is 0 Å². The summed E-state index contributed by atoms with van der Waals surface area (Å²) in [7, 11) is 0. The van der Waals surface area contributed by atoms with Crippen LogP contribution in [0.4, 0.5) is 5.69 Å². The predicted molar refractivity (Wildman–Crippen MR) is 81.1 cm³/mol. The first kappa shape index (κ1) is 14.4. The van der Waals surface area contributed by atoms with Gasteiger partial charge in [-0.15, -0.1) is 0 Å². The molecule has 0 aliphatic rings. The van der Waals surface area contributed by atoms with Crippen LogP contribution in [0, 0.1) is 6.92 Å². The van der Waals surface area contributed by atoms with Gasteiger partial charge in [0.05, 0.1) is 5.69 Å². The van der Waals surface area contributed by atoms with E-state index in [4.69, 9.17) is 4.74 Å². The summed E-state index contributed by atoms with van der Waals surface area (Å²) >= 11 is 3.35. The highest BCUT2D eigenvalue weighted by atomic mass is 79.9. The minimum absolute atomic E-state index is 0.119. The third-order valence-corrected chi connectivity index (χ3v) is 3.45. The van der Waals surface area contributed by atoms with E-state index in [1.54, 1.807) is 31.2 Å². The lowest BCUT2D eigenvalue weighted by atomic mass is 10.2. The highest BCUT2D eigenvalue weighted by Crippen LogP contribution is 2.26. The molecule has 2 N–H and O–H groups in total. The van der Waals surface area contributed by atoms with Crippen LogP contribution in [-0.4, -0.2) is 17.6 Å². The molecule has 0 radical (unpaired) electrons. The third kappa shape index (κ3) is 3.51. The molecule has 1 amide bonds. The zero-order chi connectivity index (χ0) is 14.5. The van der Waals surface area contributed by atoms with Gasteiger partial charge in [-0.1, -0.05) is 18.2 Å². The smallest absolute Gasteiger partial charge is 0.262 e. The van der Waals surface area contributed by atoms with E-state index in [9.17, 15) is 9.90 Å². The number of rotatable bonds is 4. The molecule has 2 aromatic rings. The van der Waals surface area contributed by atoms with Crippen LogP contribution in [0.5, 0.6) is 11.5 Å². The number of carbonyl (C=O) groups excluding carboxylic acids is 1. The molecule has 0 saturated heterocycles. The van der Waals surface area contributed by atoms with E-state index in [1.165, 1.54) is 0 Å². The SMILES string of the molecule is Cc1c(O)cccc1OCC(=O)Nc1ccccc1Br. The molecule has 2 aromatic carbocycles. The Balaban J connectivity index is 1.96. The van der Waals surface area contributed by atoms with Gasteiger partial charge in [-0.05, 0) is 47.1 Å². The van der Waals surface area contributed by atoms with E-state index in [1.807, 2.05) is 18.2 Å². The lowest BCUT2D eigenvalue weighted by Crippen LogP contribution is -2.20. The van der Waals surface area contributed by atoms with Crippen molar-refractivity contribution in [2.45, 2.75) is 6.92 Å². The molecule has 2 rings (SSSR count). The normalized spacial score (nSPS) is 10.1. The van der Waals surface area contributed by atoms with Crippen LogP contribution in [0.3, 0.4) is 0 Å². The number of carbonyl (C=O) groups is 1. The molecule has 20 heavy (non-hydrogen) atoms. The third-order valence-electron chi connectivity index (χ3n) is 2.76. The summed E-state index contributed by atoms with van der Waals surface area (Å²) in [5.41, 5.74) is 1.30. The van der Waals surface area contributed by atoms with Crippen LogP contribution in [0.15, 0.2) is 46.9 Å². The number of amides is 1. The van der Waals surface area contributed by atoms with Gasteiger partial charge in [0.15, 0.2) is 6.61 Å². The molecule has 0 aliphatic heterocycles. The van der Waals surface area contributed by atoms with Crippen molar-refractivity contribution >= 4 is 27.5 Å². The highest BCUT2D eigenvalue weighted by Gasteiger charge is 2.08. The Hall–Kier alpha value is -2.01. The van der Waals surface area contributed by atoms with Crippen LogP contribution in [0.1, 0.15) is 5.56 Å². The van der Waals surface area contributed by atoms with E-state index < -0.39 is 0 Å². The number of ether oxygens (including phenoxy) is 1. The quantitative estimate of drug-likeness (QED) is 0.899. The Kier molecular flexibility index (Phi) is 4.63. The molecule has 0 aliphatic carbocycles. The first-order chi connectivity index (χ1) is 9.58. The average Bonchev–Trinajstić information content (AvgIpc) is 2.43. The second-order valence-corrected chi connectivity index (χ2v) is 5.07. The first-order valence-electron chi connectivity index (χ1n) is 6.03. The summed E-state index contributed by atoms with van der Waals surface area (Å²) in [4.78, 5) is 11.8. The fourth-order valence-corrected chi connectivity index (χ4v) is 2.04. The van der Waals surface area contributed by atoms with Crippen LogP contribution in [0.25, 0.3) is 0 Å². The molecule has 0 unspecified atom stereocenters. The number of hydrogen-bond donors (Lipinski definition) is 2. The zero-order valence-electron chi connectivity index (χ0n) is 10.9. The van der Waals surface area contributed by atoms with Crippen LogP contribution in [0.2, 0.25) is 0 Å². The number of aromatic hydroxyl groups is 1. The fourth-order valence-electron chi connectivity index (χ4n) is 1.65. The standard InChI is InChI=1S/C15H14BrNO3/c1-10-13(18)7-4-8-14(10)20-9-15(19)17-12-6-3-2-5-11(12)16/h2-8,18H,9H2,1H3,(H,17,19). The number of phenolic OH excluding ortho intramolecular Hbond substituents is 1. The van der Waals surface area contributed by atoms with Crippen LogP contribution < -0.4 is 10.1 Å². The number of hydrogen-bond acceptors (Lipinski definition) is 3. The van der Waals surface area contributed by atoms with Crippen molar-refractivity contribution in [1.29, 1.82) is 0 Å². The maximum absolute atomic E-state index is 11.8. The zero-order valence-corrected chi connectivity index (χ0v) is 12.5. The van der Waals surface area contributed by atoms with Gasteiger partial charge in [0, 0.05) is 10.0 Å². The topological polar surface area (TPSA) is 58.6 Å². The Morgan fingerprint density at radius 3 is 2.75 bits per heavy atom. The van der Waals surface area contributed by atoms with Crippen molar-refractivity contribution in [3.05, 3.63) is 52.5 Å². The van der Waals surface area contributed by atoms with Crippen LogP contribution >= 0.6 is 15.9 Å². The minimum Gasteiger partial charge on any atom is -0.508 e. The molecule has 5 heteroatoms. The van der Waals surface area contributed by atoms with E-state index in [2.05, 4.69) is 21.2 Å². The number of anilines is 1. The molecule has 0 saturated carbocycles. The van der Waals surface area contributed by atoms with E-state index in [-0.39, 0.29) is 18.3 Å². The fraction of sp³-hybridized carbons (Fsp3) is 0.133. The largest absolute Gasteiger partial charge is 0.508 e. The second-order valence-electron chi connectivity index (χ2n) is 4.22. The van der Waals surface area contributed by atoms with Crippen molar-refractivity contribution in [3.8, 4) is 11.5 Å². The van der Waals surface area contributed by atoms with Crippen molar-refractivity contribution < 1.29 is 14.6 Å². The molecule has 104 valence electrons. The van der Waals surface area contributed by atoms with Gasteiger partial charge >= 0.3 is 0 Å². The minimum atomic E-state index is -0.264. The molecule has 0 aromatic heterocycles. The monoisotopic (exact) mass is 335 g/mol. The van der Waals surface area contributed by atoms with Crippen molar-refractivity contribution in [2.75, 3.05) is 11.9 Å². The Morgan fingerprint density at radius 2 is 2.00 bits per heavy atom. The first-order valence-corrected chi connectivity index (χ1v) is 6.83. The second kappa shape index (κ2) is 6.43. The summed E-state index contributed by atoms with van der Waals surface area (Å²) in [6, 6.07) is 12.3. The molecular weight excluding hydrogens is 322 g/mol. The maximum Gasteiger partial charge on any atom is 0.262 e. The molecule has 0 heterocycles. The maximum atomic E-state index is 11.8. The van der Waals surface area contributed by atoms with Gasteiger partial charge in [-0.2, -0.15) is 0 Å². The van der Waals surface area contributed by atoms with Gasteiger partial charge < -0.3 is 15.2 Å². The van der Waals surface area contributed by atoms with Gasteiger partial charge in [0.2, 0.25) is 0 Å². The predicted octanol–water partition coefficient (Wildman–Crippen LogP) is 3.48. The van der Waals surface area contributed by atoms with Crippen molar-refractivity contribution in [2.24, 2.45) is 0 Å². The van der Waals surface area contributed by atoms with Crippen molar-refractivity contribution in [3.63, 3.8) is 0 Å². The summed E-state index contributed by atoms with van der Waals surface area (Å²) in [6.07, 6.45) is 0. The molecule has 0 atom stereocenters. The summed E-state index contributed by atoms with van der Waals surface area (Å²) < 4.78 is 6.21. The molecule has 0 fully saturated rings. The van der Waals surface area contributed by atoms with E-state index in [0.717, 1.165) is 4.47 Å². The number of phenols is 1. The Bertz CT molecular complexity index is 628. The van der Waals surface area contributed by atoms with E-state index in [0.29, 0.717) is 17.0 Å². The summed E-state index contributed by atoms with van der Waals surface area (Å²) in [6.45, 7) is 1.61. The average molecular weight is 336 g/mol. The lowest BCUT2D eigenvalue weighted by molar-refractivity contribution is -0.118. The Labute approximate surface area is 125 Å². The van der Waals surface area contributed by atoms with Gasteiger partial charge in [0.1, 0.15) is 11.5 Å². The summed E-state index contributed by atoms with van der Waals surface area (Å²) in [5.74, 6) is 0.376. The Morgan fingerprint density at radius 1 is 1.25 bits per heavy atom. The highest BCUT2D eigenvalue weighted by molar-refractivity contribution is 9.10. The molecule has 4 nitrogen and oxygen atoms in total. The number of benzene rings is 2. The van der Waals surface area contributed by atoms with Gasteiger partial charge in [-0.3, -0.25) is 4.79 Å². The molecular formula is C15H14BrNO3. The van der Waals surface area contributed by atoms with Gasteiger partial charge in [-0.25, -0.2) is 0 Å². The summed E-state index contributed by atoms with van der Waals surface area (Å²) in [5, 5.41) is 12.3. The number of para-hydroxylation sites is 1. The molecule has 0 spiro atoms. The van der Waals surface area contributed by atoms with Crippen LogP contribution in [-0.2, 0) is 4.79 Å². The number of halogens is 1. The lowest BCUT2D eigenvalue weighted by Gasteiger charge is -2.11.